The summed E-state index contributed by atoms with van der Waals surface area (Å²) in [5.74, 6) is 1.81. The Kier molecular flexibility index (Phi) is 10.9. The van der Waals surface area contributed by atoms with Crippen molar-refractivity contribution < 1.29 is 13.2 Å². The summed E-state index contributed by atoms with van der Waals surface area (Å²) in [4.78, 5) is 20.4. The Morgan fingerprint density at radius 3 is 2.54 bits per heavy atom. The highest BCUT2D eigenvalue weighted by atomic mass is 32.1. The first kappa shape index (κ1) is 33.8. The van der Waals surface area contributed by atoms with E-state index < -0.39 is 12.6 Å². The molecule has 1 aromatic carbocycles. The van der Waals surface area contributed by atoms with Gasteiger partial charge in [-0.15, -0.1) is 11.3 Å². The zero-order chi connectivity index (χ0) is 32.8. The number of nitrogens with zero attached hydrogens (tertiary/aromatic N) is 6. The number of hydrogen-bond acceptors (Lipinski definition) is 9. The average Bonchev–Trinajstić information content (AvgIpc) is 3.60. The van der Waals surface area contributed by atoms with Crippen molar-refractivity contribution in [1.29, 1.82) is 5.26 Å². The molecule has 0 aliphatic carbocycles. The molecule has 9 nitrogen and oxygen atoms in total. The standard InChI is InChI=1S/C32H38F3N7S.CH3NO/c1-20(22-5-9-37-10-6-22)17-42-25(16-36)13-27-21(2)23(3-4-29(27)42)18-41-11-7-24(8-12-41)40-30-28-14-26(15-32(33,34)35)43-31(28)39-19-38-30;1-2-3/h3-4,13-14,19-20,22,24,37H,5-12,15,17-18H2,1-2H3,(H,38,39,40);1H3. The van der Waals surface area contributed by atoms with Crippen LogP contribution >= 0.6 is 11.3 Å². The molecule has 13 heteroatoms. The lowest BCUT2D eigenvalue weighted by Crippen LogP contribution is -2.39. The first-order chi connectivity index (χ1) is 22.1. The number of anilines is 1. The number of likely N-dealkylation sites (tertiary alicyclic amines) is 1. The van der Waals surface area contributed by atoms with Crippen molar-refractivity contribution in [3.63, 3.8) is 0 Å². The second-order valence-corrected chi connectivity index (χ2v) is 13.5. The number of nitriles is 1. The molecule has 1 atom stereocenters. The monoisotopic (exact) mass is 654 g/mol. The molecule has 46 heavy (non-hydrogen) atoms. The minimum atomic E-state index is -4.25. The van der Waals surface area contributed by atoms with E-state index in [1.165, 1.54) is 37.3 Å². The van der Waals surface area contributed by atoms with E-state index in [4.69, 9.17) is 4.91 Å². The molecule has 2 fully saturated rings. The molecule has 0 bridgehead atoms. The molecule has 2 aliphatic rings. The van der Waals surface area contributed by atoms with Gasteiger partial charge in [0.15, 0.2) is 0 Å². The zero-order valence-electron chi connectivity index (χ0n) is 26.5. The van der Waals surface area contributed by atoms with Gasteiger partial charge in [0, 0.05) is 48.0 Å². The van der Waals surface area contributed by atoms with Gasteiger partial charge >= 0.3 is 6.18 Å². The molecule has 2 aliphatic heterocycles. The van der Waals surface area contributed by atoms with Gasteiger partial charge in [-0.2, -0.15) is 23.3 Å². The minimum Gasteiger partial charge on any atom is -0.367 e. The van der Waals surface area contributed by atoms with Crippen molar-refractivity contribution >= 4 is 38.3 Å². The van der Waals surface area contributed by atoms with Gasteiger partial charge in [0.05, 0.1) is 18.9 Å². The third-order valence-corrected chi connectivity index (χ3v) is 10.4. The van der Waals surface area contributed by atoms with E-state index in [1.807, 2.05) is 0 Å². The SMILES string of the molecule is CN=O.Cc1c(CN2CCC(Nc3ncnc4sc(CC(F)(F)F)cc34)CC2)ccc2c1cc(C#N)n2CC(C)C1CCNCC1. The van der Waals surface area contributed by atoms with Gasteiger partial charge < -0.3 is 15.2 Å². The van der Waals surface area contributed by atoms with Gasteiger partial charge in [-0.05, 0) is 86.9 Å². The summed E-state index contributed by atoms with van der Waals surface area (Å²) >= 11 is 1.08. The number of rotatable bonds is 8. The Labute approximate surface area is 271 Å². The van der Waals surface area contributed by atoms with E-state index in [9.17, 15) is 18.4 Å². The minimum absolute atomic E-state index is 0.193. The molecular formula is C33H41F3N8OS. The van der Waals surface area contributed by atoms with Crippen LogP contribution in [0.25, 0.3) is 21.1 Å². The average molecular weight is 655 g/mol. The largest absolute Gasteiger partial charge is 0.393 e. The van der Waals surface area contributed by atoms with E-state index in [-0.39, 0.29) is 10.9 Å². The van der Waals surface area contributed by atoms with Gasteiger partial charge in [-0.25, -0.2) is 9.97 Å². The van der Waals surface area contributed by atoms with Crippen LogP contribution in [0.4, 0.5) is 19.0 Å². The molecule has 3 aromatic heterocycles. The topological polar surface area (TPSA) is 111 Å². The summed E-state index contributed by atoms with van der Waals surface area (Å²) in [5.41, 5.74) is 4.39. The molecule has 1 unspecified atom stereocenters. The van der Waals surface area contributed by atoms with Crippen LogP contribution in [-0.4, -0.2) is 64.9 Å². The number of nitroso groups, excluding NO2 is 1. The Morgan fingerprint density at radius 2 is 1.87 bits per heavy atom. The second kappa shape index (κ2) is 14.9. The lowest BCUT2D eigenvalue weighted by molar-refractivity contribution is -0.126. The normalized spacial score (nSPS) is 17.4. The molecule has 5 heterocycles. The molecule has 0 radical (unpaired) electrons. The maximum Gasteiger partial charge on any atom is 0.393 e. The summed E-state index contributed by atoms with van der Waals surface area (Å²) in [5, 5.41) is 21.0. The van der Waals surface area contributed by atoms with E-state index in [1.54, 1.807) is 6.07 Å². The van der Waals surface area contributed by atoms with E-state index in [2.05, 4.69) is 73.4 Å². The first-order valence-corrected chi connectivity index (χ1v) is 16.6. The van der Waals surface area contributed by atoms with Crippen LogP contribution in [0.3, 0.4) is 0 Å². The molecule has 0 spiro atoms. The second-order valence-electron chi connectivity index (χ2n) is 12.4. The van der Waals surface area contributed by atoms with Crippen molar-refractivity contribution in [3.05, 3.63) is 57.2 Å². The molecular weight excluding hydrogens is 613 g/mol. The van der Waals surface area contributed by atoms with Crippen LogP contribution in [0.15, 0.2) is 35.8 Å². The molecule has 4 aromatic rings. The fourth-order valence-corrected chi connectivity index (χ4v) is 7.83. The summed E-state index contributed by atoms with van der Waals surface area (Å²) in [7, 11) is 1.19. The maximum atomic E-state index is 12.9. The summed E-state index contributed by atoms with van der Waals surface area (Å²) < 4.78 is 41.0. The number of hydrogen-bond donors (Lipinski definition) is 2. The predicted octanol–water partition coefficient (Wildman–Crippen LogP) is 7.03. The third-order valence-electron chi connectivity index (χ3n) is 9.32. The number of thiophene rings is 1. The number of fused-ring (bicyclic) bond motifs is 2. The highest BCUT2D eigenvalue weighted by molar-refractivity contribution is 7.18. The Morgan fingerprint density at radius 1 is 1.15 bits per heavy atom. The van der Waals surface area contributed by atoms with Crippen LogP contribution < -0.4 is 10.6 Å². The smallest absolute Gasteiger partial charge is 0.367 e. The number of halogens is 3. The third kappa shape index (κ3) is 8.03. The van der Waals surface area contributed by atoms with Crippen LogP contribution in [0.2, 0.25) is 0 Å². The number of alkyl halides is 3. The Bertz CT molecular complexity index is 1680. The van der Waals surface area contributed by atoms with Crippen LogP contribution in [0.5, 0.6) is 0 Å². The van der Waals surface area contributed by atoms with Gasteiger partial charge in [0.25, 0.3) is 0 Å². The highest BCUT2D eigenvalue weighted by Crippen LogP contribution is 2.34. The Balaban J connectivity index is 0.00000134. The van der Waals surface area contributed by atoms with Crippen molar-refractivity contribution in [2.75, 3.05) is 38.5 Å². The van der Waals surface area contributed by atoms with Crippen molar-refractivity contribution in [2.24, 2.45) is 17.0 Å². The highest BCUT2D eigenvalue weighted by Gasteiger charge is 2.29. The van der Waals surface area contributed by atoms with Gasteiger partial charge in [-0.1, -0.05) is 18.2 Å². The fraction of sp³-hybridized carbons (Fsp3) is 0.545. The lowest BCUT2D eigenvalue weighted by Gasteiger charge is -2.33. The van der Waals surface area contributed by atoms with Crippen LogP contribution in [0.1, 0.15) is 54.3 Å². The van der Waals surface area contributed by atoms with E-state index in [0.29, 0.717) is 27.9 Å². The fourth-order valence-electron chi connectivity index (χ4n) is 6.81. The van der Waals surface area contributed by atoms with E-state index >= 15 is 0 Å². The van der Waals surface area contributed by atoms with E-state index in [0.717, 1.165) is 80.0 Å². The number of aromatic nitrogens is 3. The number of piperidine rings is 2. The quantitative estimate of drug-likeness (QED) is 0.196. The molecule has 0 saturated carbocycles. The van der Waals surface area contributed by atoms with Crippen molar-refractivity contribution in [1.82, 2.24) is 24.8 Å². The summed E-state index contributed by atoms with van der Waals surface area (Å²) in [6, 6.07) is 10.7. The Hall–Kier alpha value is -3.60. The van der Waals surface area contributed by atoms with Gasteiger partial charge in [0.2, 0.25) is 0 Å². The number of aryl methyl sites for hydroxylation is 1. The van der Waals surface area contributed by atoms with Gasteiger partial charge in [0.1, 0.15) is 28.7 Å². The predicted molar refractivity (Wildman–Crippen MR) is 177 cm³/mol. The number of nitrogens with one attached hydrogen (secondary N) is 2. The lowest BCUT2D eigenvalue weighted by atomic mass is 9.86. The first-order valence-electron chi connectivity index (χ1n) is 15.8. The summed E-state index contributed by atoms with van der Waals surface area (Å²) in [6.45, 7) is 10.2. The molecule has 6 rings (SSSR count). The zero-order valence-corrected chi connectivity index (χ0v) is 27.3. The molecule has 0 amide bonds. The maximum absolute atomic E-state index is 12.9. The molecule has 2 saturated heterocycles. The van der Waals surface area contributed by atoms with Crippen molar-refractivity contribution in [3.8, 4) is 6.07 Å². The molecule has 2 N–H and O–H groups in total. The summed E-state index contributed by atoms with van der Waals surface area (Å²) in [6.07, 6.45) is 0.440. The molecule has 246 valence electrons. The van der Waals surface area contributed by atoms with Crippen LogP contribution in [0, 0.1) is 35.0 Å². The van der Waals surface area contributed by atoms with Gasteiger partial charge in [-0.3, -0.25) is 4.90 Å². The number of benzene rings is 1. The van der Waals surface area contributed by atoms with Crippen molar-refractivity contribution in [2.45, 2.75) is 71.3 Å². The van der Waals surface area contributed by atoms with Crippen LogP contribution in [-0.2, 0) is 19.5 Å².